The van der Waals surface area contributed by atoms with E-state index >= 15 is 0 Å². The van der Waals surface area contributed by atoms with Crippen LogP contribution in [0.4, 0.5) is 5.69 Å². The van der Waals surface area contributed by atoms with E-state index in [1.165, 1.54) is 18.2 Å². The largest absolute Gasteiger partial charge is 0.345 e. The summed E-state index contributed by atoms with van der Waals surface area (Å²) in [5.41, 5.74) is 1.71. The fourth-order valence-corrected chi connectivity index (χ4v) is 3.66. The summed E-state index contributed by atoms with van der Waals surface area (Å²) in [6, 6.07) is 23.1. The molecule has 1 unspecified atom stereocenters. The predicted octanol–water partition coefficient (Wildman–Crippen LogP) is 3.90. The minimum absolute atomic E-state index is 0.0757. The molecule has 0 aromatic heterocycles. The number of nitrogens with zero attached hydrogens (tertiary/aromatic N) is 3. The molecular formula is C26H19N5O4. The van der Waals surface area contributed by atoms with Crippen molar-refractivity contribution in [2.45, 2.75) is 13.0 Å². The lowest BCUT2D eigenvalue weighted by atomic mass is 10.0. The first-order valence-corrected chi connectivity index (χ1v) is 10.6. The molecule has 35 heavy (non-hydrogen) atoms. The first-order chi connectivity index (χ1) is 16.9. The molecular weight excluding hydrogens is 446 g/mol. The smallest absolute Gasteiger partial charge is 0.270 e. The van der Waals surface area contributed by atoms with Gasteiger partial charge in [-0.05, 0) is 18.6 Å². The zero-order valence-electron chi connectivity index (χ0n) is 18.6. The Morgan fingerprint density at radius 2 is 1.69 bits per heavy atom. The second-order valence-electron chi connectivity index (χ2n) is 7.71. The van der Waals surface area contributed by atoms with Crippen LogP contribution >= 0.6 is 0 Å². The molecule has 1 atom stereocenters. The number of carbonyl (C=O) groups is 2. The van der Waals surface area contributed by atoms with Gasteiger partial charge in [-0.15, -0.1) is 0 Å². The average Bonchev–Trinajstić information content (AvgIpc) is 3.23. The minimum Gasteiger partial charge on any atom is -0.345 e. The summed E-state index contributed by atoms with van der Waals surface area (Å²) in [5.74, 6) is -1.06. The molecule has 2 N–H and O–H groups in total. The van der Waals surface area contributed by atoms with Crippen molar-refractivity contribution < 1.29 is 14.5 Å². The van der Waals surface area contributed by atoms with Gasteiger partial charge in [-0.1, -0.05) is 60.7 Å². The molecule has 1 heterocycles. The van der Waals surface area contributed by atoms with Crippen molar-refractivity contribution >= 4 is 29.0 Å². The SMILES string of the molecule is CC(NC(=O)C(C#N)=C1N=C(NC(=O)c2cccc([N+](=O)[O-])c2)c2ccccc21)c1ccccc1. The summed E-state index contributed by atoms with van der Waals surface area (Å²) < 4.78 is 0. The van der Waals surface area contributed by atoms with Gasteiger partial charge in [0, 0.05) is 28.8 Å². The molecule has 0 fully saturated rings. The normalized spacial score (nSPS) is 14.1. The summed E-state index contributed by atoms with van der Waals surface area (Å²) >= 11 is 0. The van der Waals surface area contributed by atoms with Crippen molar-refractivity contribution in [3.8, 4) is 6.07 Å². The topological polar surface area (TPSA) is 137 Å². The molecule has 2 amide bonds. The van der Waals surface area contributed by atoms with Crippen molar-refractivity contribution in [2.24, 2.45) is 4.99 Å². The van der Waals surface area contributed by atoms with Gasteiger partial charge in [-0.25, -0.2) is 4.99 Å². The molecule has 0 radical (unpaired) electrons. The van der Waals surface area contributed by atoms with E-state index in [0.29, 0.717) is 11.1 Å². The second kappa shape index (κ2) is 9.80. The lowest BCUT2D eigenvalue weighted by molar-refractivity contribution is -0.384. The van der Waals surface area contributed by atoms with Gasteiger partial charge in [0.1, 0.15) is 17.5 Å². The molecule has 0 aliphatic carbocycles. The molecule has 3 aromatic carbocycles. The van der Waals surface area contributed by atoms with Crippen LogP contribution in [-0.4, -0.2) is 22.6 Å². The minimum atomic E-state index is -0.607. The standard InChI is InChI=1S/C26H19N5O4/c1-16(17-8-3-2-4-9-17)28-26(33)22(15-27)23-20-12-5-6-13-21(20)24(29-23)30-25(32)18-10-7-11-19(14-18)31(34)35/h2-14,16H,1H3,(H,28,33)(H,29,30,32). The third-order valence-corrected chi connectivity index (χ3v) is 5.43. The van der Waals surface area contributed by atoms with Crippen LogP contribution in [0.25, 0.3) is 5.70 Å². The maximum absolute atomic E-state index is 13.0. The zero-order chi connectivity index (χ0) is 24.9. The second-order valence-corrected chi connectivity index (χ2v) is 7.71. The summed E-state index contributed by atoms with van der Waals surface area (Å²) in [7, 11) is 0. The predicted molar refractivity (Wildman–Crippen MR) is 129 cm³/mol. The Kier molecular flexibility index (Phi) is 6.46. The van der Waals surface area contributed by atoms with Crippen molar-refractivity contribution in [1.82, 2.24) is 10.6 Å². The molecule has 172 valence electrons. The van der Waals surface area contributed by atoms with E-state index in [4.69, 9.17) is 0 Å². The number of nitro groups is 1. The highest BCUT2D eigenvalue weighted by Crippen LogP contribution is 2.31. The highest BCUT2D eigenvalue weighted by Gasteiger charge is 2.28. The van der Waals surface area contributed by atoms with Gasteiger partial charge in [0.25, 0.3) is 17.5 Å². The van der Waals surface area contributed by atoms with Gasteiger partial charge in [-0.2, -0.15) is 5.26 Å². The molecule has 0 saturated heterocycles. The van der Waals surface area contributed by atoms with E-state index in [2.05, 4.69) is 15.6 Å². The Morgan fingerprint density at radius 1 is 1.00 bits per heavy atom. The third kappa shape index (κ3) is 4.82. The quantitative estimate of drug-likeness (QED) is 0.255. The lowest BCUT2D eigenvalue weighted by Crippen LogP contribution is -2.30. The van der Waals surface area contributed by atoms with Crippen LogP contribution in [0.1, 0.15) is 40.0 Å². The first-order valence-electron chi connectivity index (χ1n) is 10.6. The highest BCUT2D eigenvalue weighted by molar-refractivity contribution is 6.20. The number of nitriles is 1. The molecule has 0 bridgehead atoms. The van der Waals surface area contributed by atoms with E-state index < -0.39 is 16.7 Å². The molecule has 4 rings (SSSR count). The number of non-ortho nitro benzene ring substituents is 1. The Bertz CT molecular complexity index is 1440. The number of fused-ring (bicyclic) bond motifs is 1. The Morgan fingerprint density at radius 3 is 2.37 bits per heavy atom. The average molecular weight is 465 g/mol. The maximum atomic E-state index is 13.0. The Labute approximate surface area is 200 Å². The van der Waals surface area contributed by atoms with Crippen LogP contribution < -0.4 is 10.6 Å². The summed E-state index contributed by atoms with van der Waals surface area (Å²) in [6.07, 6.45) is 0. The van der Waals surface area contributed by atoms with Crippen LogP contribution in [0.15, 0.2) is 89.4 Å². The molecule has 9 nitrogen and oxygen atoms in total. The number of amides is 2. The fraction of sp³-hybridized carbons (Fsp3) is 0.0769. The highest BCUT2D eigenvalue weighted by atomic mass is 16.6. The summed E-state index contributed by atoms with van der Waals surface area (Å²) in [5, 5.41) is 26.3. The number of nitro benzene ring substituents is 1. The van der Waals surface area contributed by atoms with E-state index in [9.17, 15) is 25.0 Å². The first kappa shape index (κ1) is 23.1. The van der Waals surface area contributed by atoms with Gasteiger partial charge in [0.05, 0.1) is 16.7 Å². The molecule has 0 saturated carbocycles. The van der Waals surface area contributed by atoms with Crippen molar-refractivity contribution in [1.29, 1.82) is 5.26 Å². The number of nitrogens with one attached hydrogen (secondary N) is 2. The lowest BCUT2D eigenvalue weighted by Gasteiger charge is -2.14. The molecule has 0 spiro atoms. The number of hydrogen-bond acceptors (Lipinski definition) is 6. The number of hydrogen-bond donors (Lipinski definition) is 2. The fourth-order valence-electron chi connectivity index (χ4n) is 3.66. The van der Waals surface area contributed by atoms with E-state index in [1.807, 2.05) is 43.3 Å². The summed E-state index contributed by atoms with van der Waals surface area (Å²) in [4.78, 5) is 40.6. The number of aliphatic imine (C=N–C) groups is 1. The molecule has 1 aliphatic rings. The van der Waals surface area contributed by atoms with Gasteiger partial charge < -0.3 is 10.6 Å². The number of amidine groups is 1. The van der Waals surface area contributed by atoms with Crippen LogP contribution in [0.3, 0.4) is 0 Å². The van der Waals surface area contributed by atoms with Crippen LogP contribution in [0.5, 0.6) is 0 Å². The van der Waals surface area contributed by atoms with E-state index in [1.54, 1.807) is 24.3 Å². The van der Waals surface area contributed by atoms with E-state index in [0.717, 1.165) is 11.6 Å². The molecule has 9 heteroatoms. The Hall–Kier alpha value is -5.10. The maximum Gasteiger partial charge on any atom is 0.270 e. The summed E-state index contributed by atoms with van der Waals surface area (Å²) in [6.45, 7) is 1.81. The van der Waals surface area contributed by atoms with Crippen molar-refractivity contribution in [2.75, 3.05) is 0 Å². The van der Waals surface area contributed by atoms with Gasteiger partial charge in [0.15, 0.2) is 0 Å². The molecule has 1 aliphatic heterocycles. The number of carbonyl (C=O) groups excluding carboxylic acids is 2. The van der Waals surface area contributed by atoms with Crippen LogP contribution in [0, 0.1) is 21.4 Å². The van der Waals surface area contributed by atoms with E-state index in [-0.39, 0.29) is 34.4 Å². The number of benzene rings is 3. The van der Waals surface area contributed by atoms with Gasteiger partial charge >= 0.3 is 0 Å². The molecule has 3 aromatic rings. The Balaban J connectivity index is 1.66. The van der Waals surface area contributed by atoms with Crippen LogP contribution in [0.2, 0.25) is 0 Å². The van der Waals surface area contributed by atoms with Crippen molar-refractivity contribution in [3.05, 3.63) is 117 Å². The van der Waals surface area contributed by atoms with Gasteiger partial charge in [0.2, 0.25) is 0 Å². The zero-order valence-corrected chi connectivity index (χ0v) is 18.6. The van der Waals surface area contributed by atoms with Crippen molar-refractivity contribution in [3.63, 3.8) is 0 Å². The monoisotopic (exact) mass is 465 g/mol. The third-order valence-electron chi connectivity index (χ3n) is 5.43. The van der Waals surface area contributed by atoms with Crippen LogP contribution in [-0.2, 0) is 4.79 Å². The number of rotatable bonds is 5. The van der Waals surface area contributed by atoms with Gasteiger partial charge in [-0.3, -0.25) is 19.7 Å².